The average Bonchev–Trinajstić information content (AvgIpc) is 3.49. The van der Waals surface area contributed by atoms with E-state index in [1.807, 2.05) is 48.5 Å². The van der Waals surface area contributed by atoms with Crippen molar-refractivity contribution in [1.82, 2.24) is 14.7 Å². The highest BCUT2D eigenvalue weighted by Gasteiger charge is 2.42. The Hall–Kier alpha value is -3.12. The SMILES string of the molecule is CCOC(=O)C(Cc1ccccc1)N(C(=O)c1cnn(-c2ccccc2Cl)c1)C1CC1. The number of carbonyl (C=O) groups excluding carboxylic acids is 2. The first-order valence-electron chi connectivity index (χ1n) is 10.4. The molecule has 0 aliphatic heterocycles. The standard InChI is InChI=1S/C24H24ClN3O3/c1-2-31-24(30)22(14-17-8-4-3-5-9-17)28(19-12-13-19)23(29)18-15-26-27(16-18)21-11-7-6-10-20(21)25/h3-11,15-16,19,22H,2,12-14H2,1H3. The molecule has 3 aromatic rings. The fraction of sp³-hybridized carbons (Fsp3) is 0.292. The molecule has 2 aromatic carbocycles. The van der Waals surface area contributed by atoms with E-state index in [1.165, 1.54) is 6.20 Å². The van der Waals surface area contributed by atoms with Crippen molar-refractivity contribution in [2.24, 2.45) is 0 Å². The number of carbonyl (C=O) groups is 2. The molecule has 1 aliphatic rings. The van der Waals surface area contributed by atoms with Gasteiger partial charge in [-0.15, -0.1) is 0 Å². The van der Waals surface area contributed by atoms with Crippen LogP contribution in [0.15, 0.2) is 67.0 Å². The number of ether oxygens (including phenoxy) is 1. The summed E-state index contributed by atoms with van der Waals surface area (Å²) in [6, 6.07) is 16.3. The van der Waals surface area contributed by atoms with Crippen molar-refractivity contribution in [2.45, 2.75) is 38.3 Å². The molecule has 1 aromatic heterocycles. The van der Waals surface area contributed by atoms with Crippen molar-refractivity contribution in [2.75, 3.05) is 6.61 Å². The largest absolute Gasteiger partial charge is 0.464 e. The van der Waals surface area contributed by atoms with Gasteiger partial charge in [0.1, 0.15) is 6.04 Å². The normalized spacial score (nSPS) is 14.1. The van der Waals surface area contributed by atoms with Gasteiger partial charge in [0.15, 0.2) is 0 Å². The van der Waals surface area contributed by atoms with Crippen molar-refractivity contribution in [3.05, 3.63) is 83.1 Å². The minimum absolute atomic E-state index is 0.0225. The van der Waals surface area contributed by atoms with E-state index in [4.69, 9.17) is 16.3 Å². The topological polar surface area (TPSA) is 64.4 Å². The number of rotatable bonds is 8. The second-order valence-electron chi connectivity index (χ2n) is 7.53. The summed E-state index contributed by atoms with van der Waals surface area (Å²) < 4.78 is 6.92. The van der Waals surface area contributed by atoms with Gasteiger partial charge in [0.25, 0.3) is 5.91 Å². The highest BCUT2D eigenvalue weighted by molar-refractivity contribution is 6.32. The van der Waals surface area contributed by atoms with Gasteiger partial charge in [-0.25, -0.2) is 9.48 Å². The van der Waals surface area contributed by atoms with E-state index in [0.29, 0.717) is 22.7 Å². The zero-order chi connectivity index (χ0) is 21.8. The Bertz CT molecular complexity index is 1060. The van der Waals surface area contributed by atoms with Gasteiger partial charge in [0.2, 0.25) is 0 Å². The molecule has 160 valence electrons. The van der Waals surface area contributed by atoms with E-state index in [-0.39, 0.29) is 24.5 Å². The first kappa shape index (κ1) is 21.1. The van der Waals surface area contributed by atoms with Crippen LogP contribution in [0, 0.1) is 0 Å². The summed E-state index contributed by atoms with van der Waals surface area (Å²) in [5.41, 5.74) is 2.08. The molecular formula is C24H24ClN3O3. The lowest BCUT2D eigenvalue weighted by molar-refractivity contribution is -0.148. The molecule has 0 spiro atoms. The molecule has 7 heteroatoms. The number of para-hydroxylation sites is 1. The number of halogens is 1. The molecule has 4 rings (SSSR count). The molecule has 1 saturated carbocycles. The van der Waals surface area contributed by atoms with Crippen molar-refractivity contribution in [3.63, 3.8) is 0 Å². The van der Waals surface area contributed by atoms with Crippen LogP contribution in [0.25, 0.3) is 5.69 Å². The Morgan fingerprint density at radius 1 is 1.16 bits per heavy atom. The van der Waals surface area contributed by atoms with Crippen molar-refractivity contribution in [3.8, 4) is 5.69 Å². The molecule has 0 bridgehead atoms. The quantitative estimate of drug-likeness (QED) is 0.493. The third-order valence-electron chi connectivity index (χ3n) is 5.27. The van der Waals surface area contributed by atoms with Crippen LogP contribution < -0.4 is 0 Å². The predicted octanol–water partition coefficient (Wildman–Crippen LogP) is 4.30. The van der Waals surface area contributed by atoms with E-state index in [0.717, 1.165) is 18.4 Å². The smallest absolute Gasteiger partial charge is 0.329 e. The fourth-order valence-corrected chi connectivity index (χ4v) is 3.86. The second-order valence-corrected chi connectivity index (χ2v) is 7.93. The van der Waals surface area contributed by atoms with Gasteiger partial charge in [-0.05, 0) is 37.5 Å². The molecule has 1 fully saturated rings. The van der Waals surface area contributed by atoms with Gasteiger partial charge in [-0.3, -0.25) is 4.79 Å². The Labute approximate surface area is 186 Å². The Kier molecular flexibility index (Phi) is 6.37. The minimum Gasteiger partial charge on any atom is -0.464 e. The van der Waals surface area contributed by atoms with E-state index in [1.54, 1.807) is 28.8 Å². The molecule has 1 aliphatic carbocycles. The van der Waals surface area contributed by atoms with Crippen LogP contribution in [0.5, 0.6) is 0 Å². The first-order chi connectivity index (χ1) is 15.1. The van der Waals surface area contributed by atoms with Crippen LogP contribution in [-0.4, -0.2) is 45.2 Å². The Morgan fingerprint density at radius 3 is 2.55 bits per heavy atom. The maximum Gasteiger partial charge on any atom is 0.329 e. The van der Waals surface area contributed by atoms with Crippen LogP contribution >= 0.6 is 11.6 Å². The lowest BCUT2D eigenvalue weighted by Crippen LogP contribution is -2.48. The van der Waals surface area contributed by atoms with Crippen LogP contribution in [0.1, 0.15) is 35.7 Å². The minimum atomic E-state index is -0.689. The van der Waals surface area contributed by atoms with E-state index < -0.39 is 6.04 Å². The van der Waals surface area contributed by atoms with Crippen molar-refractivity contribution < 1.29 is 14.3 Å². The lowest BCUT2D eigenvalue weighted by atomic mass is 10.0. The van der Waals surface area contributed by atoms with Gasteiger partial charge < -0.3 is 9.64 Å². The molecule has 31 heavy (non-hydrogen) atoms. The zero-order valence-electron chi connectivity index (χ0n) is 17.3. The third kappa shape index (κ3) is 4.80. The second kappa shape index (κ2) is 9.35. The average molecular weight is 438 g/mol. The maximum absolute atomic E-state index is 13.5. The van der Waals surface area contributed by atoms with Crippen molar-refractivity contribution in [1.29, 1.82) is 0 Å². The van der Waals surface area contributed by atoms with Gasteiger partial charge in [0.05, 0.1) is 29.1 Å². The third-order valence-corrected chi connectivity index (χ3v) is 5.59. The Morgan fingerprint density at radius 2 is 1.87 bits per heavy atom. The summed E-state index contributed by atoms with van der Waals surface area (Å²) in [5.74, 6) is -0.611. The molecular weight excluding hydrogens is 414 g/mol. The van der Waals surface area contributed by atoms with Crippen LogP contribution in [0.4, 0.5) is 0 Å². The van der Waals surface area contributed by atoms with Crippen LogP contribution in [0.2, 0.25) is 5.02 Å². The summed E-state index contributed by atoms with van der Waals surface area (Å²) in [6.45, 7) is 2.04. The van der Waals surface area contributed by atoms with Gasteiger partial charge >= 0.3 is 5.97 Å². The van der Waals surface area contributed by atoms with Gasteiger partial charge in [-0.2, -0.15) is 5.10 Å². The number of amides is 1. The molecule has 6 nitrogen and oxygen atoms in total. The first-order valence-corrected chi connectivity index (χ1v) is 10.8. The molecule has 1 amide bonds. The molecule has 0 N–H and O–H groups in total. The number of hydrogen-bond donors (Lipinski definition) is 0. The highest BCUT2D eigenvalue weighted by atomic mass is 35.5. The summed E-state index contributed by atoms with van der Waals surface area (Å²) in [4.78, 5) is 28.1. The van der Waals surface area contributed by atoms with Crippen LogP contribution in [0.3, 0.4) is 0 Å². The summed E-state index contributed by atoms with van der Waals surface area (Å²) >= 11 is 6.27. The van der Waals surface area contributed by atoms with E-state index >= 15 is 0 Å². The highest BCUT2D eigenvalue weighted by Crippen LogP contribution is 2.32. The maximum atomic E-state index is 13.5. The summed E-state index contributed by atoms with van der Waals surface area (Å²) in [6.07, 6.45) is 5.32. The molecule has 1 heterocycles. The number of hydrogen-bond acceptors (Lipinski definition) is 4. The summed E-state index contributed by atoms with van der Waals surface area (Å²) in [7, 11) is 0. The zero-order valence-corrected chi connectivity index (χ0v) is 18.0. The Balaban J connectivity index is 1.64. The number of benzene rings is 2. The molecule has 0 radical (unpaired) electrons. The monoisotopic (exact) mass is 437 g/mol. The van der Waals surface area contributed by atoms with Gasteiger partial charge in [-0.1, -0.05) is 54.1 Å². The van der Waals surface area contributed by atoms with Crippen LogP contribution in [-0.2, 0) is 16.0 Å². The van der Waals surface area contributed by atoms with E-state index in [9.17, 15) is 9.59 Å². The lowest BCUT2D eigenvalue weighted by Gasteiger charge is -2.30. The fourth-order valence-electron chi connectivity index (χ4n) is 3.64. The molecule has 1 atom stereocenters. The number of aromatic nitrogens is 2. The van der Waals surface area contributed by atoms with Gasteiger partial charge in [0, 0.05) is 18.7 Å². The predicted molar refractivity (Wildman–Crippen MR) is 118 cm³/mol. The van der Waals surface area contributed by atoms with Crippen molar-refractivity contribution >= 4 is 23.5 Å². The molecule has 1 unspecified atom stereocenters. The summed E-state index contributed by atoms with van der Waals surface area (Å²) in [5, 5.41) is 4.86. The number of esters is 1. The molecule has 0 saturated heterocycles. The number of nitrogens with zero attached hydrogens (tertiary/aromatic N) is 3. The van der Waals surface area contributed by atoms with E-state index in [2.05, 4.69) is 5.10 Å².